The molecule has 0 N–H and O–H groups in total. The molecule has 7 nitrogen and oxygen atoms in total. The first-order chi connectivity index (χ1) is 15.4. The van der Waals surface area contributed by atoms with E-state index in [0.717, 1.165) is 10.3 Å². The summed E-state index contributed by atoms with van der Waals surface area (Å²) in [6.07, 6.45) is 1.37. The van der Waals surface area contributed by atoms with E-state index in [1.807, 2.05) is 4.90 Å². The summed E-state index contributed by atoms with van der Waals surface area (Å²) < 4.78 is 28.5. The highest BCUT2D eigenvalue weighted by atomic mass is 19.1. The Morgan fingerprint density at radius 1 is 0.812 bits per heavy atom. The summed E-state index contributed by atoms with van der Waals surface area (Å²) in [6.45, 7) is 1.80. The van der Waals surface area contributed by atoms with Gasteiger partial charge in [-0.15, -0.1) is 0 Å². The third-order valence-corrected chi connectivity index (χ3v) is 5.52. The standard InChI is InChI=1S/C23H22F2N4O3/c24-18-3-1-17(2-4-18)15-28-10-9-21(30)29(23(28)32)16-22(31)27-13-11-26(12-14-27)20-7-5-19(25)6-8-20/h1-10H,11-16H2. The highest BCUT2D eigenvalue weighted by molar-refractivity contribution is 5.76. The van der Waals surface area contributed by atoms with Crippen molar-refractivity contribution in [2.24, 2.45) is 0 Å². The van der Waals surface area contributed by atoms with E-state index in [9.17, 15) is 23.2 Å². The van der Waals surface area contributed by atoms with Crippen LogP contribution in [0.4, 0.5) is 14.5 Å². The van der Waals surface area contributed by atoms with Crippen molar-refractivity contribution in [1.29, 1.82) is 0 Å². The summed E-state index contributed by atoms with van der Waals surface area (Å²) >= 11 is 0. The highest BCUT2D eigenvalue weighted by Gasteiger charge is 2.22. The number of benzene rings is 2. The monoisotopic (exact) mass is 440 g/mol. The van der Waals surface area contributed by atoms with Gasteiger partial charge < -0.3 is 9.80 Å². The smallest absolute Gasteiger partial charge is 0.331 e. The lowest BCUT2D eigenvalue weighted by Gasteiger charge is -2.36. The van der Waals surface area contributed by atoms with Crippen LogP contribution in [-0.4, -0.2) is 46.1 Å². The van der Waals surface area contributed by atoms with Crippen LogP contribution in [0.15, 0.2) is 70.4 Å². The molecule has 2 heterocycles. The van der Waals surface area contributed by atoms with Crippen LogP contribution in [0.1, 0.15) is 5.56 Å². The molecular formula is C23H22F2N4O3. The molecule has 0 saturated carbocycles. The Balaban J connectivity index is 1.43. The molecule has 1 saturated heterocycles. The normalized spacial score (nSPS) is 13.9. The molecule has 0 bridgehead atoms. The van der Waals surface area contributed by atoms with Crippen molar-refractivity contribution in [1.82, 2.24) is 14.0 Å². The molecule has 0 aliphatic carbocycles. The average Bonchev–Trinajstić information content (AvgIpc) is 2.80. The summed E-state index contributed by atoms with van der Waals surface area (Å²) in [6, 6.07) is 13.1. The van der Waals surface area contributed by atoms with Crippen molar-refractivity contribution < 1.29 is 13.6 Å². The van der Waals surface area contributed by atoms with E-state index < -0.39 is 11.2 Å². The number of carbonyl (C=O) groups excluding carboxylic acids is 1. The quantitative estimate of drug-likeness (QED) is 0.606. The van der Waals surface area contributed by atoms with Crippen LogP contribution in [0.2, 0.25) is 0 Å². The molecule has 4 rings (SSSR count). The zero-order valence-electron chi connectivity index (χ0n) is 17.3. The zero-order valence-corrected chi connectivity index (χ0v) is 17.3. The molecule has 32 heavy (non-hydrogen) atoms. The molecule has 1 amide bonds. The number of nitrogens with zero attached hydrogens (tertiary/aromatic N) is 4. The molecule has 0 atom stereocenters. The molecular weight excluding hydrogens is 418 g/mol. The highest BCUT2D eigenvalue weighted by Crippen LogP contribution is 2.17. The second kappa shape index (κ2) is 9.17. The predicted octanol–water partition coefficient (Wildman–Crippen LogP) is 1.69. The average molecular weight is 440 g/mol. The minimum absolute atomic E-state index is 0.157. The summed E-state index contributed by atoms with van der Waals surface area (Å²) in [5, 5.41) is 0. The van der Waals surface area contributed by atoms with E-state index in [0.29, 0.717) is 31.7 Å². The molecule has 0 radical (unpaired) electrons. The van der Waals surface area contributed by atoms with Gasteiger partial charge in [0.2, 0.25) is 5.91 Å². The van der Waals surface area contributed by atoms with Gasteiger partial charge in [0.15, 0.2) is 0 Å². The lowest BCUT2D eigenvalue weighted by Crippen LogP contribution is -2.51. The Hall–Kier alpha value is -3.75. The first-order valence-electron chi connectivity index (χ1n) is 10.2. The molecule has 2 aromatic carbocycles. The second-order valence-corrected chi connectivity index (χ2v) is 7.62. The largest absolute Gasteiger partial charge is 0.368 e. The van der Waals surface area contributed by atoms with Gasteiger partial charge in [-0.2, -0.15) is 0 Å². The van der Waals surface area contributed by atoms with E-state index in [1.54, 1.807) is 29.2 Å². The maximum Gasteiger partial charge on any atom is 0.331 e. The number of hydrogen-bond acceptors (Lipinski definition) is 4. The van der Waals surface area contributed by atoms with Crippen molar-refractivity contribution >= 4 is 11.6 Å². The Kier molecular flexibility index (Phi) is 6.16. The van der Waals surface area contributed by atoms with Gasteiger partial charge in [-0.05, 0) is 42.0 Å². The molecule has 3 aromatic rings. The van der Waals surface area contributed by atoms with Gasteiger partial charge in [-0.3, -0.25) is 18.7 Å². The van der Waals surface area contributed by atoms with Crippen LogP contribution in [0.5, 0.6) is 0 Å². The molecule has 0 unspecified atom stereocenters. The van der Waals surface area contributed by atoms with Crippen molar-refractivity contribution in [2.45, 2.75) is 13.1 Å². The number of anilines is 1. The van der Waals surface area contributed by atoms with Crippen molar-refractivity contribution in [3.05, 3.63) is 98.8 Å². The van der Waals surface area contributed by atoms with Crippen LogP contribution in [-0.2, 0) is 17.9 Å². The molecule has 1 fully saturated rings. The molecule has 0 spiro atoms. The number of halogens is 2. The number of aromatic nitrogens is 2. The van der Waals surface area contributed by atoms with Crippen LogP contribution in [0, 0.1) is 11.6 Å². The topological polar surface area (TPSA) is 67.5 Å². The lowest BCUT2D eigenvalue weighted by molar-refractivity contribution is -0.132. The van der Waals surface area contributed by atoms with E-state index in [2.05, 4.69) is 0 Å². The van der Waals surface area contributed by atoms with Gasteiger partial charge in [0.05, 0.1) is 6.54 Å². The fraction of sp³-hybridized carbons (Fsp3) is 0.261. The van der Waals surface area contributed by atoms with Gasteiger partial charge in [-0.1, -0.05) is 12.1 Å². The van der Waals surface area contributed by atoms with Gasteiger partial charge >= 0.3 is 5.69 Å². The van der Waals surface area contributed by atoms with E-state index in [4.69, 9.17) is 0 Å². The van der Waals surface area contributed by atoms with Gasteiger partial charge in [0.25, 0.3) is 5.56 Å². The summed E-state index contributed by atoms with van der Waals surface area (Å²) in [4.78, 5) is 41.5. The van der Waals surface area contributed by atoms with Gasteiger partial charge in [0.1, 0.15) is 18.2 Å². The molecule has 9 heteroatoms. The number of piperazine rings is 1. The summed E-state index contributed by atoms with van der Waals surface area (Å²) in [7, 11) is 0. The summed E-state index contributed by atoms with van der Waals surface area (Å²) in [5.41, 5.74) is 0.423. The zero-order chi connectivity index (χ0) is 22.7. The fourth-order valence-corrected chi connectivity index (χ4v) is 3.71. The number of carbonyl (C=O) groups is 1. The van der Waals surface area contributed by atoms with Crippen LogP contribution in [0.25, 0.3) is 0 Å². The van der Waals surface area contributed by atoms with Crippen molar-refractivity contribution in [3.8, 4) is 0 Å². The van der Waals surface area contributed by atoms with E-state index in [1.165, 1.54) is 41.1 Å². The number of hydrogen-bond donors (Lipinski definition) is 0. The Morgan fingerprint density at radius 2 is 1.41 bits per heavy atom. The molecule has 166 valence electrons. The van der Waals surface area contributed by atoms with Crippen molar-refractivity contribution in [2.75, 3.05) is 31.1 Å². The van der Waals surface area contributed by atoms with Crippen molar-refractivity contribution in [3.63, 3.8) is 0 Å². The lowest BCUT2D eigenvalue weighted by atomic mass is 10.2. The van der Waals surface area contributed by atoms with Crippen LogP contribution in [0.3, 0.4) is 0 Å². The number of rotatable bonds is 5. The number of amides is 1. The molecule has 1 aliphatic rings. The Bertz CT molecular complexity index is 1210. The first kappa shape index (κ1) is 21.5. The minimum atomic E-state index is -0.597. The summed E-state index contributed by atoms with van der Waals surface area (Å²) in [5.74, 6) is -1.00. The maximum atomic E-state index is 13.1. The molecule has 1 aromatic heterocycles. The third kappa shape index (κ3) is 4.77. The minimum Gasteiger partial charge on any atom is -0.368 e. The van der Waals surface area contributed by atoms with Gasteiger partial charge in [-0.25, -0.2) is 13.6 Å². The third-order valence-electron chi connectivity index (χ3n) is 5.52. The Morgan fingerprint density at radius 3 is 2.03 bits per heavy atom. The second-order valence-electron chi connectivity index (χ2n) is 7.62. The fourth-order valence-electron chi connectivity index (χ4n) is 3.71. The first-order valence-corrected chi connectivity index (χ1v) is 10.2. The van der Waals surface area contributed by atoms with E-state index in [-0.39, 0.29) is 30.6 Å². The van der Waals surface area contributed by atoms with Gasteiger partial charge in [0, 0.05) is 44.1 Å². The van der Waals surface area contributed by atoms with E-state index >= 15 is 0 Å². The Labute approximate surface area is 182 Å². The maximum absolute atomic E-state index is 13.1. The SMILES string of the molecule is O=C(Cn1c(=O)ccn(Cc2ccc(F)cc2)c1=O)N1CCN(c2ccc(F)cc2)CC1. The predicted molar refractivity (Wildman–Crippen MR) is 116 cm³/mol. The van der Waals surface area contributed by atoms with Crippen LogP contribution >= 0.6 is 0 Å². The van der Waals surface area contributed by atoms with Crippen LogP contribution < -0.4 is 16.1 Å². The molecule has 1 aliphatic heterocycles.